The van der Waals surface area contributed by atoms with Crippen molar-refractivity contribution in [1.82, 2.24) is 9.88 Å². The van der Waals surface area contributed by atoms with E-state index in [4.69, 9.17) is 0 Å². The molecule has 0 aliphatic rings. The molecule has 138 valence electrons. The number of anilines is 1. The molecule has 26 heavy (non-hydrogen) atoms. The van der Waals surface area contributed by atoms with Crippen LogP contribution in [0.5, 0.6) is 0 Å². The van der Waals surface area contributed by atoms with Crippen molar-refractivity contribution in [2.24, 2.45) is 0 Å². The maximum atomic E-state index is 13.5. The van der Waals surface area contributed by atoms with Crippen LogP contribution in [0.1, 0.15) is 10.4 Å². The van der Waals surface area contributed by atoms with Crippen molar-refractivity contribution in [2.45, 2.75) is 0 Å². The average Bonchev–Trinajstić information content (AvgIpc) is 2.97. The number of carbonyl (C=O) groups excluding carboxylic acids is 1. The lowest BCUT2D eigenvalue weighted by molar-refractivity contribution is 0.0984. The molecule has 1 aromatic heterocycles. The minimum Gasteiger partial charge on any atom is -0.308 e. The van der Waals surface area contributed by atoms with Gasteiger partial charge in [-0.15, -0.1) is 12.4 Å². The van der Waals surface area contributed by atoms with Gasteiger partial charge in [0.25, 0.3) is 5.91 Å². The first kappa shape index (κ1) is 21.0. The largest absolute Gasteiger partial charge is 0.308 e. The molecule has 0 aliphatic carbocycles. The second-order valence-corrected chi connectivity index (χ2v) is 8.02. The zero-order chi connectivity index (χ0) is 18.0. The fraction of sp³-hybridized carbons (Fsp3) is 0.222. The maximum absolute atomic E-state index is 13.5. The summed E-state index contributed by atoms with van der Waals surface area (Å²) in [5.74, 6) is -0.391. The Labute approximate surface area is 175 Å². The molecule has 0 spiro atoms. The lowest BCUT2D eigenvalue weighted by atomic mass is 10.2. The van der Waals surface area contributed by atoms with Crippen molar-refractivity contribution in [3.05, 3.63) is 57.4 Å². The van der Waals surface area contributed by atoms with Crippen molar-refractivity contribution < 1.29 is 9.18 Å². The highest BCUT2D eigenvalue weighted by atomic mass is 127. The number of hydrogen-bond donors (Lipinski definition) is 0. The van der Waals surface area contributed by atoms with Gasteiger partial charge >= 0.3 is 0 Å². The van der Waals surface area contributed by atoms with Gasteiger partial charge in [-0.1, -0.05) is 23.5 Å². The van der Waals surface area contributed by atoms with E-state index in [2.05, 4.69) is 27.6 Å². The normalized spacial score (nSPS) is 10.8. The fourth-order valence-corrected chi connectivity index (χ4v) is 4.00. The fourth-order valence-electron chi connectivity index (χ4n) is 2.37. The zero-order valence-electron chi connectivity index (χ0n) is 14.3. The van der Waals surface area contributed by atoms with Crippen molar-refractivity contribution in [1.29, 1.82) is 0 Å². The quantitative estimate of drug-likeness (QED) is 0.473. The summed E-state index contributed by atoms with van der Waals surface area (Å²) >= 11 is 3.50. The van der Waals surface area contributed by atoms with Gasteiger partial charge in [-0.3, -0.25) is 9.69 Å². The van der Waals surface area contributed by atoms with Gasteiger partial charge in [0.2, 0.25) is 0 Å². The Morgan fingerprint density at radius 2 is 1.92 bits per heavy atom. The minimum absolute atomic E-state index is 0. The number of benzene rings is 2. The Bertz CT molecular complexity index is 918. The van der Waals surface area contributed by atoms with Crippen LogP contribution >= 0.6 is 46.3 Å². The highest BCUT2D eigenvalue weighted by molar-refractivity contribution is 14.1. The van der Waals surface area contributed by atoms with E-state index in [1.807, 2.05) is 43.3 Å². The number of rotatable bonds is 5. The van der Waals surface area contributed by atoms with Gasteiger partial charge in [0, 0.05) is 16.7 Å². The molecule has 0 fully saturated rings. The van der Waals surface area contributed by atoms with E-state index in [0.717, 1.165) is 8.27 Å². The maximum Gasteiger partial charge on any atom is 0.261 e. The van der Waals surface area contributed by atoms with Crippen LogP contribution in [0.4, 0.5) is 9.52 Å². The molecule has 2 aromatic carbocycles. The van der Waals surface area contributed by atoms with E-state index >= 15 is 0 Å². The monoisotopic (exact) mass is 505 g/mol. The molecule has 3 aromatic rings. The molecule has 4 nitrogen and oxygen atoms in total. The highest BCUT2D eigenvalue weighted by Gasteiger charge is 2.23. The second kappa shape index (κ2) is 9.07. The summed E-state index contributed by atoms with van der Waals surface area (Å²) in [6.07, 6.45) is 0. The Morgan fingerprint density at radius 1 is 1.19 bits per heavy atom. The molecular weight excluding hydrogens is 488 g/mol. The number of fused-ring (bicyclic) bond motifs is 1. The number of amides is 1. The molecule has 0 saturated heterocycles. The second-order valence-electron chi connectivity index (χ2n) is 5.85. The Balaban J connectivity index is 0.00000243. The molecule has 0 aliphatic heterocycles. The number of likely N-dealkylation sites (N-methyl/N-ethyl adjacent to an activating group) is 1. The number of hydrogen-bond acceptors (Lipinski definition) is 4. The summed E-state index contributed by atoms with van der Waals surface area (Å²) < 4.78 is 15.1. The zero-order valence-corrected chi connectivity index (χ0v) is 18.1. The molecule has 3 rings (SSSR count). The predicted octanol–water partition coefficient (Wildman–Crippen LogP) is 4.67. The number of thiazole rings is 1. The van der Waals surface area contributed by atoms with Gasteiger partial charge < -0.3 is 4.90 Å². The third-order valence-electron chi connectivity index (χ3n) is 3.69. The standard InChI is InChI=1S/C18H17FIN3OS.ClH/c1-22(2)9-10-23(17(24)13-5-3-4-6-14(13)20)18-21-15-8-7-12(19)11-16(15)25-18;/h3-8,11H,9-10H2,1-2H3;1H. The van der Waals surface area contributed by atoms with Gasteiger partial charge in [0.15, 0.2) is 5.13 Å². The van der Waals surface area contributed by atoms with Crippen LogP contribution in [0.25, 0.3) is 10.2 Å². The van der Waals surface area contributed by atoms with Crippen molar-refractivity contribution >= 4 is 67.6 Å². The molecule has 8 heteroatoms. The van der Waals surface area contributed by atoms with Crippen LogP contribution in [-0.4, -0.2) is 43.0 Å². The van der Waals surface area contributed by atoms with Gasteiger partial charge in [0.1, 0.15) is 5.82 Å². The topological polar surface area (TPSA) is 36.4 Å². The molecule has 0 saturated carbocycles. The van der Waals surface area contributed by atoms with E-state index in [1.54, 1.807) is 11.0 Å². The Hall–Kier alpha value is -1.29. The van der Waals surface area contributed by atoms with Crippen molar-refractivity contribution in [3.8, 4) is 0 Å². The van der Waals surface area contributed by atoms with Gasteiger partial charge in [-0.05, 0) is 67.0 Å². The SMILES string of the molecule is CN(C)CCN(C(=O)c1ccccc1I)c1nc2ccc(F)cc2s1.Cl. The first-order valence-electron chi connectivity index (χ1n) is 7.73. The van der Waals surface area contributed by atoms with Crippen LogP contribution < -0.4 is 4.90 Å². The lowest BCUT2D eigenvalue weighted by Crippen LogP contribution is -2.37. The van der Waals surface area contributed by atoms with Crippen molar-refractivity contribution in [2.75, 3.05) is 32.1 Å². The van der Waals surface area contributed by atoms with E-state index in [1.165, 1.54) is 23.5 Å². The van der Waals surface area contributed by atoms with E-state index in [0.29, 0.717) is 29.3 Å². The summed E-state index contributed by atoms with van der Waals surface area (Å²) in [4.78, 5) is 21.4. The minimum atomic E-state index is -0.300. The molecule has 0 unspecified atom stereocenters. The van der Waals surface area contributed by atoms with E-state index in [-0.39, 0.29) is 24.1 Å². The molecular formula is C18H18ClFIN3OS. The van der Waals surface area contributed by atoms with Gasteiger partial charge in [-0.2, -0.15) is 0 Å². The first-order valence-corrected chi connectivity index (χ1v) is 9.62. The van der Waals surface area contributed by atoms with Gasteiger partial charge in [0.05, 0.1) is 15.8 Å². The Kier molecular flexibility index (Phi) is 7.33. The molecule has 0 bridgehead atoms. The first-order chi connectivity index (χ1) is 12.0. The summed E-state index contributed by atoms with van der Waals surface area (Å²) in [5, 5.41) is 0.590. The van der Waals surface area contributed by atoms with Crippen LogP contribution in [0, 0.1) is 9.39 Å². The van der Waals surface area contributed by atoms with Crippen LogP contribution in [0.3, 0.4) is 0 Å². The summed E-state index contributed by atoms with van der Waals surface area (Å²) in [6.45, 7) is 1.22. The number of halogens is 3. The van der Waals surface area contributed by atoms with E-state index < -0.39 is 0 Å². The molecule has 0 radical (unpaired) electrons. The molecule has 0 atom stereocenters. The summed E-state index contributed by atoms with van der Waals surface area (Å²) in [6, 6.07) is 12.0. The smallest absolute Gasteiger partial charge is 0.261 e. The molecule has 0 N–H and O–H groups in total. The Morgan fingerprint density at radius 3 is 2.62 bits per heavy atom. The van der Waals surface area contributed by atoms with E-state index in [9.17, 15) is 9.18 Å². The number of carbonyl (C=O) groups is 1. The third kappa shape index (κ3) is 4.70. The van der Waals surface area contributed by atoms with Crippen LogP contribution in [0.15, 0.2) is 42.5 Å². The van der Waals surface area contributed by atoms with Crippen LogP contribution in [-0.2, 0) is 0 Å². The van der Waals surface area contributed by atoms with Crippen molar-refractivity contribution in [3.63, 3.8) is 0 Å². The predicted molar refractivity (Wildman–Crippen MR) is 116 cm³/mol. The lowest BCUT2D eigenvalue weighted by Gasteiger charge is -2.22. The molecule has 1 amide bonds. The third-order valence-corrected chi connectivity index (χ3v) is 5.67. The summed E-state index contributed by atoms with van der Waals surface area (Å²) in [7, 11) is 3.92. The summed E-state index contributed by atoms with van der Waals surface area (Å²) in [5.41, 5.74) is 1.35. The number of aromatic nitrogens is 1. The van der Waals surface area contributed by atoms with Crippen LogP contribution in [0.2, 0.25) is 0 Å². The highest BCUT2D eigenvalue weighted by Crippen LogP contribution is 2.30. The van der Waals surface area contributed by atoms with Gasteiger partial charge in [-0.25, -0.2) is 9.37 Å². The molecule has 1 heterocycles. The average molecular weight is 506 g/mol. The number of nitrogens with zero attached hydrogens (tertiary/aromatic N) is 3.